The second-order valence-corrected chi connectivity index (χ2v) is 7.42. The molecule has 2 heterocycles. The van der Waals surface area contributed by atoms with Gasteiger partial charge in [0.15, 0.2) is 5.69 Å². The van der Waals surface area contributed by atoms with Gasteiger partial charge in [0, 0.05) is 13.1 Å². The maximum absolute atomic E-state index is 13.1. The average molecular weight is 425 g/mol. The predicted octanol–water partition coefficient (Wildman–Crippen LogP) is 2.22. The zero-order chi connectivity index (χ0) is 21.7. The molecular formula is C19H29ClN6O3. The fraction of sp³-hybridized carbons (Fsp3) is 0.579. The van der Waals surface area contributed by atoms with Crippen molar-refractivity contribution in [2.24, 2.45) is 0 Å². The largest absolute Gasteiger partial charge is 0.383 e. The Morgan fingerprint density at radius 1 is 1.21 bits per heavy atom. The van der Waals surface area contributed by atoms with E-state index in [-0.39, 0.29) is 24.0 Å². The number of rotatable bonds is 9. The van der Waals surface area contributed by atoms with Crippen LogP contribution in [0.5, 0.6) is 0 Å². The van der Waals surface area contributed by atoms with Crippen molar-refractivity contribution in [1.82, 2.24) is 19.3 Å². The van der Waals surface area contributed by atoms with Crippen LogP contribution in [0.2, 0.25) is 5.02 Å². The Kier molecular flexibility index (Phi) is 7.66. The fourth-order valence-corrected chi connectivity index (χ4v) is 3.23. The Morgan fingerprint density at radius 3 is 2.41 bits per heavy atom. The molecule has 0 unspecified atom stereocenters. The quantitative estimate of drug-likeness (QED) is 0.639. The Labute approximate surface area is 174 Å². The van der Waals surface area contributed by atoms with Crippen molar-refractivity contribution < 1.29 is 4.79 Å². The normalized spacial score (nSPS) is 11.1. The van der Waals surface area contributed by atoms with E-state index in [4.69, 9.17) is 17.3 Å². The third-order valence-electron chi connectivity index (χ3n) is 4.83. The Balaban J connectivity index is 2.48. The summed E-state index contributed by atoms with van der Waals surface area (Å²) in [5.41, 5.74) is 6.25. The monoisotopic (exact) mass is 424 g/mol. The lowest BCUT2D eigenvalue weighted by atomic mass is 10.2. The van der Waals surface area contributed by atoms with E-state index in [0.717, 1.165) is 19.3 Å². The molecule has 0 atom stereocenters. The first-order valence-electron chi connectivity index (χ1n) is 9.85. The topological polar surface area (TPSA) is 119 Å². The number of carbonyl (C=O) groups excluding carboxylic acids is 1. The standard InChI is InChI=1S/C19H29ClN6O3/c1-5-7-9-24(14(27)11-26-13(4)15(20)12(3)23-26)16-17(21)25(10-8-6-2)19(29)22-18(16)28/h5-11,21H2,1-4H3,(H,22,28,29). The minimum absolute atomic E-state index is 0.00283. The van der Waals surface area contributed by atoms with Crippen LogP contribution in [0.15, 0.2) is 9.59 Å². The molecule has 0 aliphatic heterocycles. The van der Waals surface area contributed by atoms with Crippen molar-refractivity contribution in [1.29, 1.82) is 0 Å². The second-order valence-electron chi connectivity index (χ2n) is 7.04. The van der Waals surface area contributed by atoms with Crippen LogP contribution in [0.1, 0.15) is 50.9 Å². The van der Waals surface area contributed by atoms with Crippen LogP contribution in [0.3, 0.4) is 0 Å². The number of nitrogens with two attached hydrogens (primary N) is 1. The fourth-order valence-electron chi connectivity index (χ4n) is 3.10. The number of nitrogens with one attached hydrogen (secondary N) is 1. The molecule has 0 spiro atoms. The van der Waals surface area contributed by atoms with Gasteiger partial charge in [-0.25, -0.2) is 4.79 Å². The number of carbonyl (C=O) groups is 1. The molecular weight excluding hydrogens is 396 g/mol. The zero-order valence-corrected chi connectivity index (χ0v) is 18.2. The summed E-state index contributed by atoms with van der Waals surface area (Å²) in [6.45, 7) is 8.10. The van der Waals surface area contributed by atoms with Gasteiger partial charge in [0.1, 0.15) is 12.4 Å². The van der Waals surface area contributed by atoms with Crippen LogP contribution in [0.25, 0.3) is 0 Å². The molecule has 2 aromatic rings. The van der Waals surface area contributed by atoms with Crippen molar-refractivity contribution in [3.63, 3.8) is 0 Å². The SMILES string of the molecule is CCCCN(C(=O)Cn1nc(C)c(Cl)c1C)c1c(N)n(CCCC)c(=O)[nH]c1=O. The molecule has 9 nitrogen and oxygen atoms in total. The van der Waals surface area contributed by atoms with Crippen LogP contribution >= 0.6 is 11.6 Å². The summed E-state index contributed by atoms with van der Waals surface area (Å²) >= 11 is 6.18. The number of unbranched alkanes of at least 4 members (excludes halogenated alkanes) is 2. The molecule has 2 rings (SSSR count). The first-order chi connectivity index (χ1) is 13.7. The molecule has 0 saturated heterocycles. The van der Waals surface area contributed by atoms with Crippen molar-refractivity contribution in [3.05, 3.63) is 37.2 Å². The lowest BCUT2D eigenvalue weighted by molar-refractivity contribution is -0.119. The summed E-state index contributed by atoms with van der Waals surface area (Å²) in [7, 11) is 0. The van der Waals surface area contributed by atoms with Crippen molar-refractivity contribution in [2.45, 2.75) is 66.5 Å². The average Bonchev–Trinajstić information content (AvgIpc) is 2.90. The highest BCUT2D eigenvalue weighted by molar-refractivity contribution is 6.31. The number of amides is 1. The first-order valence-corrected chi connectivity index (χ1v) is 10.2. The molecule has 2 aromatic heterocycles. The van der Waals surface area contributed by atoms with Gasteiger partial charge in [0.05, 0.1) is 16.4 Å². The van der Waals surface area contributed by atoms with Gasteiger partial charge >= 0.3 is 5.69 Å². The van der Waals surface area contributed by atoms with E-state index in [1.807, 2.05) is 13.8 Å². The number of anilines is 2. The number of aromatic amines is 1. The van der Waals surface area contributed by atoms with E-state index < -0.39 is 11.2 Å². The maximum Gasteiger partial charge on any atom is 0.330 e. The minimum Gasteiger partial charge on any atom is -0.383 e. The third kappa shape index (κ3) is 4.90. The van der Waals surface area contributed by atoms with E-state index in [1.165, 1.54) is 14.1 Å². The molecule has 0 aromatic carbocycles. The highest BCUT2D eigenvalue weighted by Gasteiger charge is 2.25. The molecule has 10 heteroatoms. The molecule has 0 fully saturated rings. The number of aromatic nitrogens is 4. The number of nitrogens with zero attached hydrogens (tertiary/aromatic N) is 4. The Hall–Kier alpha value is -2.55. The van der Waals surface area contributed by atoms with E-state index in [1.54, 1.807) is 13.8 Å². The van der Waals surface area contributed by atoms with Gasteiger partial charge in [0.2, 0.25) is 5.91 Å². The van der Waals surface area contributed by atoms with E-state index >= 15 is 0 Å². The van der Waals surface area contributed by atoms with Gasteiger partial charge in [-0.1, -0.05) is 38.3 Å². The molecule has 0 aliphatic carbocycles. The minimum atomic E-state index is -0.670. The predicted molar refractivity (Wildman–Crippen MR) is 115 cm³/mol. The summed E-state index contributed by atoms with van der Waals surface area (Å²) in [6.07, 6.45) is 3.08. The lowest BCUT2D eigenvalue weighted by Gasteiger charge is -2.24. The highest BCUT2D eigenvalue weighted by atomic mass is 35.5. The van der Waals surface area contributed by atoms with Gasteiger partial charge in [-0.2, -0.15) is 5.10 Å². The van der Waals surface area contributed by atoms with Gasteiger partial charge in [-0.3, -0.25) is 23.8 Å². The summed E-state index contributed by atoms with van der Waals surface area (Å²) in [4.78, 5) is 41.6. The van der Waals surface area contributed by atoms with Crippen LogP contribution in [0.4, 0.5) is 11.5 Å². The summed E-state index contributed by atoms with van der Waals surface area (Å²) in [6, 6.07) is 0. The number of halogens is 1. The Morgan fingerprint density at radius 2 is 1.86 bits per heavy atom. The summed E-state index contributed by atoms with van der Waals surface area (Å²) < 4.78 is 2.82. The molecule has 3 N–H and O–H groups in total. The van der Waals surface area contributed by atoms with E-state index in [2.05, 4.69) is 10.1 Å². The molecule has 29 heavy (non-hydrogen) atoms. The highest BCUT2D eigenvalue weighted by Crippen LogP contribution is 2.21. The molecule has 160 valence electrons. The first kappa shape index (κ1) is 22.7. The molecule has 0 aliphatic rings. The van der Waals surface area contributed by atoms with E-state index in [0.29, 0.717) is 35.9 Å². The molecule has 0 bridgehead atoms. The van der Waals surface area contributed by atoms with Crippen LogP contribution in [-0.4, -0.2) is 31.8 Å². The summed E-state index contributed by atoms with van der Waals surface area (Å²) in [5, 5.41) is 4.79. The van der Waals surface area contributed by atoms with Crippen LogP contribution in [0, 0.1) is 13.8 Å². The van der Waals surface area contributed by atoms with Crippen LogP contribution in [-0.2, 0) is 17.9 Å². The maximum atomic E-state index is 13.1. The summed E-state index contributed by atoms with van der Waals surface area (Å²) in [5.74, 6) is -0.346. The molecule has 0 saturated carbocycles. The number of H-pyrrole nitrogens is 1. The number of nitrogen functional groups attached to an aromatic ring is 1. The molecule has 1 amide bonds. The van der Waals surface area contributed by atoms with Gasteiger partial charge in [-0.15, -0.1) is 0 Å². The number of hydrogen-bond donors (Lipinski definition) is 2. The molecule has 0 radical (unpaired) electrons. The zero-order valence-electron chi connectivity index (χ0n) is 17.4. The second kappa shape index (κ2) is 9.78. The number of aryl methyl sites for hydroxylation is 1. The Bertz CT molecular complexity index is 991. The third-order valence-corrected chi connectivity index (χ3v) is 5.38. The van der Waals surface area contributed by atoms with Gasteiger partial charge in [-0.05, 0) is 26.7 Å². The van der Waals surface area contributed by atoms with Crippen LogP contribution < -0.4 is 21.9 Å². The smallest absolute Gasteiger partial charge is 0.330 e. The van der Waals surface area contributed by atoms with Gasteiger partial charge in [0.25, 0.3) is 5.56 Å². The van der Waals surface area contributed by atoms with Crippen molar-refractivity contribution in [2.75, 3.05) is 17.2 Å². The number of hydrogen-bond acceptors (Lipinski definition) is 5. The van der Waals surface area contributed by atoms with Crippen molar-refractivity contribution >= 4 is 29.0 Å². The lowest BCUT2D eigenvalue weighted by Crippen LogP contribution is -2.43. The van der Waals surface area contributed by atoms with Crippen molar-refractivity contribution in [3.8, 4) is 0 Å². The van der Waals surface area contributed by atoms with Gasteiger partial charge < -0.3 is 10.6 Å². The van der Waals surface area contributed by atoms with E-state index in [9.17, 15) is 14.4 Å².